The molecule has 0 aliphatic carbocycles. The van der Waals surface area contributed by atoms with Crippen LogP contribution in [0, 0.1) is 0 Å². The number of hydrogen-bond donors (Lipinski definition) is 0. The normalized spacial score (nSPS) is 11.1. The molecular formula is C45H36Br3Cl2NO2. The van der Waals surface area contributed by atoms with Crippen molar-refractivity contribution in [1.29, 1.82) is 0 Å². The Bertz CT molecular complexity index is 2370. The Morgan fingerprint density at radius 3 is 1.75 bits per heavy atom. The van der Waals surface area contributed by atoms with E-state index in [9.17, 15) is 0 Å². The van der Waals surface area contributed by atoms with Crippen LogP contribution in [0.5, 0.6) is 0 Å². The van der Waals surface area contributed by atoms with Crippen LogP contribution in [0.25, 0.3) is 21.9 Å². The minimum Gasteiger partial charge on any atom is -0.464 e. The van der Waals surface area contributed by atoms with E-state index in [1.807, 2.05) is 79.1 Å². The van der Waals surface area contributed by atoms with Crippen LogP contribution in [0.1, 0.15) is 37.5 Å². The van der Waals surface area contributed by atoms with Crippen molar-refractivity contribution in [3.63, 3.8) is 0 Å². The topological polar surface area (TPSA) is 29.5 Å². The van der Waals surface area contributed by atoms with Crippen LogP contribution in [0.3, 0.4) is 0 Å². The second-order valence-electron chi connectivity index (χ2n) is 13.4. The monoisotopic (exact) mass is 929 g/mol. The molecule has 0 spiro atoms. The molecule has 8 aromatic rings. The van der Waals surface area contributed by atoms with Gasteiger partial charge in [0.1, 0.15) is 17.4 Å². The van der Waals surface area contributed by atoms with Crippen molar-refractivity contribution < 1.29 is 8.83 Å². The largest absolute Gasteiger partial charge is 0.464 e. The summed E-state index contributed by atoms with van der Waals surface area (Å²) in [6.45, 7) is 6.72. The summed E-state index contributed by atoms with van der Waals surface area (Å²) in [5, 5.41) is 3.70. The summed E-state index contributed by atoms with van der Waals surface area (Å²) in [7, 11) is 0. The zero-order valence-electron chi connectivity index (χ0n) is 29.3. The second-order valence-corrected chi connectivity index (χ2v) is 17.0. The summed E-state index contributed by atoms with van der Waals surface area (Å²) >= 11 is 22.1. The first-order valence-corrected chi connectivity index (χ1v) is 20.0. The molecule has 268 valence electrons. The third-order valence-electron chi connectivity index (χ3n) is 8.41. The van der Waals surface area contributed by atoms with E-state index in [2.05, 4.69) is 140 Å². The molecule has 6 aromatic carbocycles. The van der Waals surface area contributed by atoms with Gasteiger partial charge in [0.05, 0.1) is 12.0 Å². The molecule has 0 aliphatic rings. The summed E-state index contributed by atoms with van der Waals surface area (Å²) in [4.78, 5) is 2.14. The Morgan fingerprint density at radius 2 is 1.11 bits per heavy atom. The molecule has 0 radical (unpaired) electrons. The summed E-state index contributed by atoms with van der Waals surface area (Å²) in [5.74, 6) is 0. The highest BCUT2D eigenvalue weighted by atomic mass is 79.9. The first-order valence-electron chi connectivity index (χ1n) is 16.9. The van der Waals surface area contributed by atoms with E-state index < -0.39 is 0 Å². The third kappa shape index (κ3) is 10.3. The third-order valence-corrected chi connectivity index (χ3v) is 10.2. The van der Waals surface area contributed by atoms with Gasteiger partial charge in [-0.05, 0) is 89.3 Å². The molecule has 0 N–H and O–H groups in total. The predicted octanol–water partition coefficient (Wildman–Crippen LogP) is 16.5. The van der Waals surface area contributed by atoms with Crippen LogP contribution in [0.15, 0.2) is 174 Å². The van der Waals surface area contributed by atoms with Gasteiger partial charge in [-0.25, -0.2) is 0 Å². The van der Waals surface area contributed by atoms with Crippen molar-refractivity contribution in [3.05, 3.63) is 192 Å². The molecule has 0 unspecified atom stereocenters. The molecule has 53 heavy (non-hydrogen) atoms. The summed E-state index contributed by atoms with van der Waals surface area (Å²) in [6, 6.07) is 46.7. The average Bonchev–Trinajstić information content (AvgIpc) is 3.73. The Kier molecular flexibility index (Phi) is 12.9. The lowest BCUT2D eigenvalue weighted by Crippen LogP contribution is -2.10. The van der Waals surface area contributed by atoms with Crippen LogP contribution in [-0.4, -0.2) is 0 Å². The smallest absolute Gasteiger partial charge is 0.136 e. The van der Waals surface area contributed by atoms with Crippen LogP contribution in [0.2, 0.25) is 10.0 Å². The van der Waals surface area contributed by atoms with Crippen molar-refractivity contribution in [2.45, 2.75) is 32.6 Å². The Balaban J connectivity index is 0.000000149. The fourth-order valence-corrected chi connectivity index (χ4v) is 8.47. The minimum absolute atomic E-state index is 0.162. The molecule has 0 saturated carbocycles. The number of nitrogens with zero attached hydrogens (tertiary/aromatic N) is 1. The number of benzene rings is 6. The minimum atomic E-state index is 0.162. The number of fused-ring (bicyclic) bond motifs is 2. The van der Waals surface area contributed by atoms with Crippen molar-refractivity contribution in [3.8, 4) is 0 Å². The highest BCUT2D eigenvalue weighted by Gasteiger charge is 2.19. The van der Waals surface area contributed by atoms with Crippen LogP contribution >= 0.6 is 71.0 Å². The lowest BCUT2D eigenvalue weighted by Gasteiger charge is -2.24. The molecule has 0 fully saturated rings. The lowest BCUT2D eigenvalue weighted by molar-refractivity contribution is 0.589. The van der Waals surface area contributed by atoms with Gasteiger partial charge >= 0.3 is 0 Å². The zero-order chi connectivity index (χ0) is 37.5. The Hall–Kier alpha value is -3.78. The van der Waals surface area contributed by atoms with E-state index >= 15 is 0 Å². The van der Waals surface area contributed by atoms with Crippen LogP contribution in [0.4, 0.5) is 17.1 Å². The van der Waals surface area contributed by atoms with Crippen LogP contribution < -0.4 is 4.90 Å². The van der Waals surface area contributed by atoms with Gasteiger partial charge in [-0.15, -0.1) is 0 Å². The van der Waals surface area contributed by atoms with Gasteiger partial charge in [-0.2, -0.15) is 0 Å². The van der Waals surface area contributed by atoms with E-state index in [4.69, 9.17) is 32.0 Å². The maximum atomic E-state index is 6.28. The quantitative estimate of drug-likeness (QED) is 0.172. The summed E-state index contributed by atoms with van der Waals surface area (Å²) < 4.78 is 14.3. The molecule has 0 amide bonds. The standard InChI is InChI=1S/C20H13BrClNO.C19H20O.C6H3Br2Cl/c21-14-10-15(22)12-17(11-14)23(16-6-2-1-3-7-16)19-13-24-20-9-5-4-8-18(19)20;1-19(2,3)16-9-10-18-17(12-16)15(13-20-18)11-14-7-5-4-6-8-14;7-4-1-5(8)3-6(9)2-4/h1-13H;4-10,12-13H,11H2,1-3H3;1-3H. The highest BCUT2D eigenvalue weighted by molar-refractivity contribution is 9.11. The molecule has 0 bridgehead atoms. The number of para-hydroxylation sites is 2. The SMILES string of the molecule is CC(C)(C)c1ccc2occ(Cc3ccccc3)c2c1.Clc1cc(Br)cc(Br)c1.Clc1cc(Br)cc(N(c2ccccc2)c2coc3ccccc23)c1. The van der Waals surface area contributed by atoms with Gasteiger partial charge in [0.2, 0.25) is 0 Å². The maximum absolute atomic E-state index is 6.28. The molecule has 8 heteroatoms. The lowest BCUT2D eigenvalue weighted by atomic mass is 9.86. The number of halogens is 5. The fraction of sp³-hybridized carbons (Fsp3) is 0.111. The molecule has 2 aromatic heterocycles. The molecular weight excluding hydrogens is 897 g/mol. The van der Waals surface area contributed by atoms with Crippen molar-refractivity contribution in [2.24, 2.45) is 0 Å². The highest BCUT2D eigenvalue weighted by Crippen LogP contribution is 2.41. The van der Waals surface area contributed by atoms with E-state index in [1.165, 1.54) is 22.1 Å². The number of furan rings is 2. The van der Waals surface area contributed by atoms with Gasteiger partial charge in [-0.1, -0.05) is 158 Å². The molecule has 0 saturated heterocycles. The van der Waals surface area contributed by atoms with Gasteiger partial charge in [0.15, 0.2) is 0 Å². The number of anilines is 3. The summed E-state index contributed by atoms with van der Waals surface area (Å²) in [6.07, 6.45) is 4.60. The van der Waals surface area contributed by atoms with E-state index in [1.54, 1.807) is 6.26 Å². The first kappa shape index (κ1) is 38.9. The van der Waals surface area contributed by atoms with Gasteiger partial charge in [0.25, 0.3) is 0 Å². The van der Waals surface area contributed by atoms with Gasteiger partial charge in [-0.3, -0.25) is 0 Å². The van der Waals surface area contributed by atoms with Crippen LogP contribution in [-0.2, 0) is 11.8 Å². The van der Waals surface area contributed by atoms with Crippen molar-refractivity contribution >= 4 is 110 Å². The molecule has 0 aliphatic heterocycles. The van der Waals surface area contributed by atoms with Gasteiger partial charge in [0, 0.05) is 57.6 Å². The zero-order valence-corrected chi connectivity index (χ0v) is 35.6. The number of rotatable bonds is 5. The van der Waals surface area contributed by atoms with E-state index in [-0.39, 0.29) is 5.41 Å². The first-order chi connectivity index (χ1) is 25.4. The summed E-state index contributed by atoms with van der Waals surface area (Å²) in [5.41, 5.74) is 8.90. The Labute approximate surface area is 345 Å². The fourth-order valence-electron chi connectivity index (χ4n) is 5.83. The average molecular weight is 933 g/mol. The maximum Gasteiger partial charge on any atom is 0.136 e. The molecule has 3 nitrogen and oxygen atoms in total. The molecule has 0 atom stereocenters. The second kappa shape index (κ2) is 17.6. The predicted molar refractivity (Wildman–Crippen MR) is 235 cm³/mol. The Morgan fingerprint density at radius 1 is 0.547 bits per heavy atom. The van der Waals surface area contributed by atoms with E-state index in [0.717, 1.165) is 58.5 Å². The van der Waals surface area contributed by atoms with E-state index in [0.29, 0.717) is 5.02 Å². The van der Waals surface area contributed by atoms with Crippen molar-refractivity contribution in [1.82, 2.24) is 0 Å². The molecule has 8 rings (SSSR count). The molecule has 2 heterocycles. The van der Waals surface area contributed by atoms with Crippen molar-refractivity contribution in [2.75, 3.05) is 4.90 Å². The van der Waals surface area contributed by atoms with Gasteiger partial charge < -0.3 is 13.7 Å². The number of hydrogen-bond acceptors (Lipinski definition) is 3.